The first-order valence-corrected chi connectivity index (χ1v) is 5.63. The third-order valence-electron chi connectivity index (χ3n) is 2.66. The summed E-state index contributed by atoms with van der Waals surface area (Å²) >= 11 is 0. The van der Waals surface area contributed by atoms with Crippen LogP contribution in [-0.4, -0.2) is 10.8 Å². The molecule has 84 valence electrons. The number of para-hydroxylation sites is 1. The Morgan fingerprint density at radius 2 is 2.12 bits per heavy atom. The summed E-state index contributed by atoms with van der Waals surface area (Å²) in [5.41, 5.74) is 1.47. The van der Waals surface area contributed by atoms with Gasteiger partial charge in [-0.15, -0.1) is 12.3 Å². The Morgan fingerprint density at radius 1 is 1.29 bits per heavy atom. The van der Waals surface area contributed by atoms with Crippen molar-refractivity contribution in [1.29, 1.82) is 0 Å². The van der Waals surface area contributed by atoms with Crippen molar-refractivity contribution in [3.8, 4) is 12.3 Å². The number of Topliss-reactive ketones (excluding diaryl/α,β-unsaturated/α-hetero) is 1. The molecule has 17 heavy (non-hydrogen) atoms. The highest BCUT2D eigenvalue weighted by molar-refractivity contribution is 6.06. The number of hydrogen-bond donors (Lipinski definition) is 0. The van der Waals surface area contributed by atoms with Gasteiger partial charge in [-0.3, -0.25) is 9.78 Å². The quantitative estimate of drug-likeness (QED) is 0.452. The molecule has 2 aromatic rings. The number of carbonyl (C=O) groups excluding carboxylic acids is 1. The van der Waals surface area contributed by atoms with E-state index in [2.05, 4.69) is 10.9 Å². The molecule has 0 spiro atoms. The van der Waals surface area contributed by atoms with Gasteiger partial charge in [0.2, 0.25) is 0 Å². The largest absolute Gasteiger partial charge is 0.294 e. The number of nitrogens with zero attached hydrogens (tertiary/aromatic N) is 1. The molecule has 1 aromatic heterocycles. The summed E-state index contributed by atoms with van der Waals surface area (Å²) in [6.07, 6.45) is 8.74. The van der Waals surface area contributed by atoms with Gasteiger partial charge >= 0.3 is 0 Å². The minimum Gasteiger partial charge on any atom is -0.294 e. The number of unbranched alkanes of at least 4 members (excludes halogenated alkanes) is 1. The molecule has 0 atom stereocenters. The highest BCUT2D eigenvalue weighted by Crippen LogP contribution is 2.18. The van der Waals surface area contributed by atoms with Crippen molar-refractivity contribution < 1.29 is 4.79 Å². The molecule has 0 aliphatic heterocycles. The fraction of sp³-hybridized carbons (Fsp3) is 0.200. The smallest absolute Gasteiger partial charge is 0.165 e. The first kappa shape index (κ1) is 11.3. The van der Waals surface area contributed by atoms with Crippen LogP contribution >= 0.6 is 0 Å². The van der Waals surface area contributed by atoms with E-state index in [4.69, 9.17) is 6.42 Å². The first-order valence-electron chi connectivity index (χ1n) is 5.63. The maximum absolute atomic E-state index is 12.0. The minimum absolute atomic E-state index is 0.115. The van der Waals surface area contributed by atoms with E-state index in [1.165, 1.54) is 0 Å². The van der Waals surface area contributed by atoms with Gasteiger partial charge in [-0.25, -0.2) is 0 Å². The Morgan fingerprint density at radius 3 is 2.94 bits per heavy atom. The summed E-state index contributed by atoms with van der Waals surface area (Å²) in [6.45, 7) is 0. The minimum atomic E-state index is 0.115. The van der Waals surface area contributed by atoms with E-state index in [9.17, 15) is 4.79 Å². The summed E-state index contributed by atoms with van der Waals surface area (Å²) in [7, 11) is 0. The van der Waals surface area contributed by atoms with Crippen LogP contribution in [0.15, 0.2) is 36.5 Å². The maximum Gasteiger partial charge on any atom is 0.165 e. The van der Waals surface area contributed by atoms with Crippen molar-refractivity contribution in [2.75, 3.05) is 0 Å². The molecule has 0 bridgehead atoms. The van der Waals surface area contributed by atoms with Gasteiger partial charge in [0.15, 0.2) is 5.78 Å². The highest BCUT2D eigenvalue weighted by Gasteiger charge is 2.09. The van der Waals surface area contributed by atoms with Crippen molar-refractivity contribution in [2.45, 2.75) is 19.3 Å². The number of pyridine rings is 1. The first-order chi connectivity index (χ1) is 8.33. The zero-order chi connectivity index (χ0) is 12.1. The lowest BCUT2D eigenvalue weighted by Gasteiger charge is -2.03. The molecule has 2 rings (SSSR count). The predicted molar refractivity (Wildman–Crippen MR) is 68.8 cm³/mol. The molecule has 0 aliphatic rings. The lowest BCUT2D eigenvalue weighted by atomic mass is 10.0. The van der Waals surface area contributed by atoms with Crippen molar-refractivity contribution in [3.05, 3.63) is 42.1 Å². The number of terminal acetylenes is 1. The Hall–Kier alpha value is -2.14. The Balaban J connectivity index is 2.29. The number of rotatable bonds is 4. The van der Waals surface area contributed by atoms with Gasteiger partial charge < -0.3 is 0 Å². The molecule has 0 amide bonds. The number of aromatic nitrogens is 1. The second-order valence-electron chi connectivity index (χ2n) is 3.86. The average Bonchev–Trinajstić information content (AvgIpc) is 2.38. The van der Waals surface area contributed by atoms with Crippen LogP contribution in [0.4, 0.5) is 0 Å². The second kappa shape index (κ2) is 5.27. The molecule has 2 heteroatoms. The van der Waals surface area contributed by atoms with Gasteiger partial charge in [0, 0.05) is 30.0 Å². The van der Waals surface area contributed by atoms with E-state index in [-0.39, 0.29) is 5.78 Å². The Labute approximate surface area is 101 Å². The number of fused-ring (bicyclic) bond motifs is 1. The van der Waals surface area contributed by atoms with E-state index >= 15 is 0 Å². The van der Waals surface area contributed by atoms with Crippen molar-refractivity contribution in [1.82, 2.24) is 4.98 Å². The summed E-state index contributed by atoms with van der Waals surface area (Å²) in [6, 6.07) is 9.50. The molecule has 0 aliphatic carbocycles. The zero-order valence-corrected chi connectivity index (χ0v) is 9.52. The molecule has 0 saturated carbocycles. The van der Waals surface area contributed by atoms with Gasteiger partial charge in [-0.05, 0) is 18.6 Å². The molecule has 1 aromatic carbocycles. The maximum atomic E-state index is 12.0. The number of benzene rings is 1. The van der Waals surface area contributed by atoms with Gasteiger partial charge in [0.05, 0.1) is 5.52 Å². The van der Waals surface area contributed by atoms with E-state index in [0.717, 1.165) is 17.3 Å². The van der Waals surface area contributed by atoms with Crippen molar-refractivity contribution >= 4 is 16.7 Å². The standard InChI is InChI=1S/C15H13NO/c1-2-3-4-10-14(17)13-9-5-7-12-8-6-11-16-15(12)13/h1,5-9,11H,3-4,10H2. The van der Waals surface area contributed by atoms with Gasteiger partial charge in [-0.2, -0.15) is 0 Å². The third-order valence-corrected chi connectivity index (χ3v) is 2.66. The van der Waals surface area contributed by atoms with Gasteiger partial charge in [-0.1, -0.05) is 18.2 Å². The normalized spacial score (nSPS) is 10.1. The van der Waals surface area contributed by atoms with Crippen LogP contribution in [0.1, 0.15) is 29.6 Å². The fourth-order valence-corrected chi connectivity index (χ4v) is 1.81. The number of hydrogen-bond acceptors (Lipinski definition) is 2. The van der Waals surface area contributed by atoms with Crippen LogP contribution in [0, 0.1) is 12.3 Å². The number of ketones is 1. The third kappa shape index (κ3) is 2.51. The molecule has 0 N–H and O–H groups in total. The SMILES string of the molecule is C#CCCCC(=O)c1cccc2cccnc12. The van der Waals surface area contributed by atoms with Crippen LogP contribution in [0.5, 0.6) is 0 Å². The second-order valence-corrected chi connectivity index (χ2v) is 3.86. The van der Waals surface area contributed by atoms with Crippen molar-refractivity contribution in [3.63, 3.8) is 0 Å². The molecule has 0 unspecified atom stereocenters. The van der Waals surface area contributed by atoms with Gasteiger partial charge in [0.25, 0.3) is 0 Å². The summed E-state index contributed by atoms with van der Waals surface area (Å²) in [4.78, 5) is 16.3. The summed E-state index contributed by atoms with van der Waals surface area (Å²) in [5.74, 6) is 2.66. The molecule has 1 heterocycles. The Kier molecular flexibility index (Phi) is 3.52. The lowest BCUT2D eigenvalue weighted by molar-refractivity contribution is 0.0982. The van der Waals surface area contributed by atoms with Crippen LogP contribution in [0.2, 0.25) is 0 Å². The summed E-state index contributed by atoms with van der Waals surface area (Å²) in [5, 5.41) is 0.996. The summed E-state index contributed by atoms with van der Waals surface area (Å²) < 4.78 is 0. The molecular weight excluding hydrogens is 210 g/mol. The highest BCUT2D eigenvalue weighted by atomic mass is 16.1. The molecule has 0 fully saturated rings. The Bertz CT molecular complexity index is 575. The molecule has 0 radical (unpaired) electrons. The van der Waals surface area contributed by atoms with Crippen LogP contribution in [0.3, 0.4) is 0 Å². The van der Waals surface area contributed by atoms with Crippen molar-refractivity contribution in [2.24, 2.45) is 0 Å². The van der Waals surface area contributed by atoms with E-state index < -0.39 is 0 Å². The van der Waals surface area contributed by atoms with Crippen LogP contribution in [-0.2, 0) is 0 Å². The van der Waals surface area contributed by atoms with E-state index in [1.807, 2.05) is 30.3 Å². The fourth-order valence-electron chi connectivity index (χ4n) is 1.81. The number of carbonyl (C=O) groups is 1. The van der Waals surface area contributed by atoms with E-state index in [1.54, 1.807) is 6.20 Å². The topological polar surface area (TPSA) is 30.0 Å². The molecular formula is C15H13NO. The van der Waals surface area contributed by atoms with Crippen LogP contribution < -0.4 is 0 Å². The zero-order valence-electron chi connectivity index (χ0n) is 9.52. The lowest BCUT2D eigenvalue weighted by Crippen LogP contribution is -2.00. The molecule has 2 nitrogen and oxygen atoms in total. The van der Waals surface area contributed by atoms with Crippen LogP contribution in [0.25, 0.3) is 10.9 Å². The van der Waals surface area contributed by atoms with Gasteiger partial charge in [0.1, 0.15) is 0 Å². The average molecular weight is 223 g/mol. The molecule has 0 saturated heterocycles. The predicted octanol–water partition coefficient (Wildman–Crippen LogP) is 3.22. The monoisotopic (exact) mass is 223 g/mol. The van der Waals surface area contributed by atoms with E-state index in [0.29, 0.717) is 18.4 Å².